The lowest BCUT2D eigenvalue weighted by atomic mass is 10.00. The molecule has 0 saturated carbocycles. The first-order chi connectivity index (χ1) is 20.8. The highest BCUT2D eigenvalue weighted by atomic mass is 35.5. The molecule has 44 heavy (non-hydrogen) atoms. The number of allylic oxidation sites excluding steroid dienone is 2. The van der Waals surface area contributed by atoms with E-state index in [1.807, 2.05) is 18.5 Å². The van der Waals surface area contributed by atoms with Gasteiger partial charge in [0.1, 0.15) is 0 Å². The van der Waals surface area contributed by atoms with Gasteiger partial charge in [0, 0.05) is 29.9 Å². The molecule has 1 aliphatic rings. The van der Waals surface area contributed by atoms with Crippen molar-refractivity contribution in [2.45, 2.75) is 53.6 Å². The summed E-state index contributed by atoms with van der Waals surface area (Å²) in [5.41, 5.74) is 7.55. The Morgan fingerprint density at radius 1 is 0.864 bits per heavy atom. The second kappa shape index (κ2) is 11.5. The van der Waals surface area contributed by atoms with E-state index >= 15 is 0 Å². The van der Waals surface area contributed by atoms with Crippen LogP contribution in [0.2, 0.25) is 0 Å². The molecule has 0 bridgehead atoms. The van der Waals surface area contributed by atoms with Crippen LogP contribution in [0.5, 0.6) is 5.75 Å². The number of hydrogen-bond acceptors (Lipinski definition) is 4. The summed E-state index contributed by atoms with van der Waals surface area (Å²) in [4.78, 5) is 6.74. The van der Waals surface area contributed by atoms with Gasteiger partial charge in [0.25, 0.3) is 5.52 Å². The van der Waals surface area contributed by atoms with Crippen LogP contribution < -0.4 is 26.6 Å². The van der Waals surface area contributed by atoms with Crippen LogP contribution in [0, 0.1) is 13.8 Å². The van der Waals surface area contributed by atoms with E-state index in [0.717, 1.165) is 56.2 Å². The van der Waals surface area contributed by atoms with Gasteiger partial charge in [0.2, 0.25) is 11.5 Å². The van der Waals surface area contributed by atoms with Crippen LogP contribution in [0.15, 0.2) is 102 Å². The van der Waals surface area contributed by atoms with Crippen molar-refractivity contribution in [3.8, 4) is 5.75 Å². The second-order valence-electron chi connectivity index (χ2n) is 12.1. The summed E-state index contributed by atoms with van der Waals surface area (Å²) in [5.74, 6) is 2.46. The Balaban J connectivity index is 0.00000343. The minimum absolute atomic E-state index is 0. The molecule has 2 aromatic heterocycles. The summed E-state index contributed by atoms with van der Waals surface area (Å²) in [5, 5.41) is 4.60. The first-order valence-electron chi connectivity index (χ1n) is 15.0. The van der Waals surface area contributed by atoms with Crippen molar-refractivity contribution in [2.75, 3.05) is 4.90 Å². The van der Waals surface area contributed by atoms with Gasteiger partial charge >= 0.3 is 5.89 Å². The number of hydrogen-bond donors (Lipinski definition) is 0. The Morgan fingerprint density at radius 2 is 1.59 bits per heavy atom. The molecule has 0 fully saturated rings. The number of nitrogens with zero attached hydrogens (tertiary/aromatic N) is 3. The molecule has 4 aromatic carbocycles. The molecule has 0 spiro atoms. The fourth-order valence-corrected chi connectivity index (χ4v) is 6.41. The van der Waals surface area contributed by atoms with E-state index in [-0.39, 0.29) is 24.5 Å². The third-order valence-corrected chi connectivity index (χ3v) is 8.15. The van der Waals surface area contributed by atoms with Gasteiger partial charge < -0.3 is 26.5 Å². The van der Waals surface area contributed by atoms with Gasteiger partial charge in [0.15, 0.2) is 11.8 Å². The zero-order valence-electron chi connectivity index (χ0n) is 25.9. The maximum Gasteiger partial charge on any atom is 0.374 e. The number of benzene rings is 4. The lowest BCUT2D eigenvalue weighted by Gasteiger charge is -2.24. The lowest BCUT2D eigenvalue weighted by molar-refractivity contribution is -0.696. The van der Waals surface area contributed by atoms with E-state index in [1.54, 1.807) is 0 Å². The number of aryl methyl sites for hydroxylation is 2. The molecular weight excluding hydrogens is 566 g/mol. The van der Waals surface area contributed by atoms with E-state index in [9.17, 15) is 0 Å². The number of anilines is 1. The number of aromatic nitrogens is 2. The maximum absolute atomic E-state index is 6.63. The monoisotopic (exact) mass is 601 g/mol. The van der Waals surface area contributed by atoms with E-state index in [1.165, 1.54) is 21.9 Å². The van der Waals surface area contributed by atoms with Gasteiger partial charge in [-0.25, -0.2) is 0 Å². The molecule has 0 saturated heterocycles. The largest absolute Gasteiger partial charge is 1.00 e. The predicted octanol–water partition coefficient (Wildman–Crippen LogP) is 6.31. The van der Waals surface area contributed by atoms with Crippen molar-refractivity contribution in [1.82, 2.24) is 4.98 Å². The highest BCUT2D eigenvalue weighted by Gasteiger charge is 2.32. The van der Waals surface area contributed by atoms with Crippen LogP contribution in [-0.4, -0.2) is 11.0 Å². The number of pyridine rings is 1. The number of oxazole rings is 1. The molecule has 0 radical (unpaired) electrons. The van der Waals surface area contributed by atoms with Crippen LogP contribution >= 0.6 is 0 Å². The van der Waals surface area contributed by atoms with Crippen molar-refractivity contribution >= 4 is 50.0 Å². The highest BCUT2D eigenvalue weighted by molar-refractivity contribution is 6.02. The summed E-state index contributed by atoms with van der Waals surface area (Å²) < 4.78 is 15.5. The van der Waals surface area contributed by atoms with Crippen molar-refractivity contribution in [3.05, 3.63) is 120 Å². The Morgan fingerprint density at radius 3 is 2.34 bits per heavy atom. The SMILES string of the molecule is Cc1cc(C)cc(C(=C\c2oc3ccc4ccncc4c3[n+]2C(C)C)/C=C2\Oc3ccc4ccccc4c3N2C(C)C)c1.[Cl-]. The van der Waals surface area contributed by atoms with Crippen LogP contribution in [0.3, 0.4) is 0 Å². The molecule has 5 nitrogen and oxygen atoms in total. The topological polar surface area (TPSA) is 42.4 Å². The predicted molar refractivity (Wildman–Crippen MR) is 176 cm³/mol. The summed E-state index contributed by atoms with van der Waals surface area (Å²) in [6, 6.07) is 25.9. The quantitative estimate of drug-likeness (QED) is 0.217. The van der Waals surface area contributed by atoms with Gasteiger partial charge in [-0.05, 0) is 81.7 Å². The minimum Gasteiger partial charge on any atom is -1.00 e. The Kier molecular flexibility index (Phi) is 7.68. The molecule has 0 atom stereocenters. The normalized spacial score (nSPS) is 14.2. The Hall–Kier alpha value is -4.61. The third-order valence-electron chi connectivity index (χ3n) is 8.15. The van der Waals surface area contributed by atoms with Gasteiger partial charge in [-0.1, -0.05) is 65.7 Å². The molecule has 0 amide bonds. The molecule has 0 aliphatic carbocycles. The lowest BCUT2D eigenvalue weighted by Crippen LogP contribution is -3.00. The number of ether oxygens (including phenoxy) is 1. The van der Waals surface area contributed by atoms with Gasteiger partial charge in [-0.2, -0.15) is 4.57 Å². The minimum atomic E-state index is 0. The first-order valence-corrected chi connectivity index (χ1v) is 15.0. The molecule has 6 aromatic rings. The molecule has 0 unspecified atom stereocenters. The van der Waals surface area contributed by atoms with Gasteiger partial charge in [-0.3, -0.25) is 4.98 Å². The van der Waals surface area contributed by atoms with Crippen molar-refractivity contribution in [1.29, 1.82) is 0 Å². The molecule has 1 aliphatic heterocycles. The molecule has 7 rings (SSSR count). The molecular formula is C38H36ClN3O2. The first kappa shape index (κ1) is 29.5. The Labute approximate surface area is 264 Å². The summed E-state index contributed by atoms with van der Waals surface area (Å²) in [7, 11) is 0. The Bertz CT molecular complexity index is 2080. The number of halogens is 1. The molecule has 222 valence electrons. The zero-order chi connectivity index (χ0) is 29.8. The standard InChI is InChI=1S/C38H36N3O2.ClH/c1-23(2)40-35(42-33-13-11-27-9-7-8-10-31(27)37(33)40)20-30(29-18-25(5)17-26(6)19-29)21-36-41(24(3)4)38-32-22-39-16-15-28(32)12-14-34(38)43-36;/h7-24H,1-6H3;1H/q+1;/p-1. The smallest absolute Gasteiger partial charge is 0.374 e. The van der Waals surface area contributed by atoms with Gasteiger partial charge in [0.05, 0.1) is 17.1 Å². The number of rotatable bonds is 5. The second-order valence-corrected chi connectivity index (χ2v) is 12.1. The van der Waals surface area contributed by atoms with E-state index in [4.69, 9.17) is 9.15 Å². The van der Waals surface area contributed by atoms with Crippen molar-refractivity contribution < 1.29 is 26.1 Å². The summed E-state index contributed by atoms with van der Waals surface area (Å²) >= 11 is 0. The zero-order valence-corrected chi connectivity index (χ0v) is 26.7. The average molecular weight is 602 g/mol. The third kappa shape index (κ3) is 5.01. The summed E-state index contributed by atoms with van der Waals surface area (Å²) in [6.07, 6.45) is 8.09. The fourth-order valence-electron chi connectivity index (χ4n) is 6.41. The fraction of sp³-hybridized carbons (Fsp3) is 0.211. The van der Waals surface area contributed by atoms with E-state index < -0.39 is 0 Å². The molecule has 6 heteroatoms. The van der Waals surface area contributed by atoms with Crippen molar-refractivity contribution in [3.63, 3.8) is 0 Å². The highest BCUT2D eigenvalue weighted by Crippen LogP contribution is 2.46. The summed E-state index contributed by atoms with van der Waals surface area (Å²) in [6.45, 7) is 13.1. The molecule has 0 N–H and O–H groups in total. The van der Waals surface area contributed by atoms with E-state index in [2.05, 4.69) is 135 Å². The molecule has 3 heterocycles. The van der Waals surface area contributed by atoms with Crippen LogP contribution in [0.4, 0.5) is 5.69 Å². The number of fused-ring (bicyclic) bond motifs is 6. The van der Waals surface area contributed by atoms with Crippen LogP contribution in [0.1, 0.15) is 56.3 Å². The van der Waals surface area contributed by atoms with Crippen LogP contribution in [-0.2, 0) is 0 Å². The van der Waals surface area contributed by atoms with E-state index in [0.29, 0.717) is 0 Å². The average Bonchev–Trinajstić information content (AvgIpc) is 3.55. The maximum atomic E-state index is 6.63. The van der Waals surface area contributed by atoms with Crippen LogP contribution in [0.25, 0.3) is 44.3 Å². The van der Waals surface area contributed by atoms with Crippen molar-refractivity contribution in [2.24, 2.45) is 0 Å². The van der Waals surface area contributed by atoms with Gasteiger partial charge in [-0.15, -0.1) is 0 Å².